The Morgan fingerprint density at radius 3 is 2.65 bits per heavy atom. The van der Waals surface area contributed by atoms with E-state index in [4.69, 9.17) is 14.2 Å². The first-order valence-corrected chi connectivity index (χ1v) is 7.02. The van der Waals surface area contributed by atoms with E-state index < -0.39 is 4.92 Å². The summed E-state index contributed by atoms with van der Waals surface area (Å²) in [6.45, 7) is -0.0893. The van der Waals surface area contributed by atoms with Gasteiger partial charge in [-0.05, 0) is 24.3 Å². The predicted octanol–water partition coefficient (Wildman–Crippen LogP) is 2.69. The number of rotatable bonds is 5. The summed E-state index contributed by atoms with van der Waals surface area (Å²) in [5.41, 5.74) is 0.799. The molecule has 1 unspecified atom stereocenters. The lowest BCUT2D eigenvalue weighted by molar-refractivity contribution is -0.384. The average molecular weight is 317 g/mol. The zero-order chi connectivity index (χ0) is 16.4. The normalized spacial score (nSPS) is 15.7. The Hall–Kier alpha value is -2.80. The number of benzene rings is 2. The number of aliphatic hydroxyl groups is 1. The highest BCUT2D eigenvalue weighted by atomic mass is 16.6. The van der Waals surface area contributed by atoms with Gasteiger partial charge >= 0.3 is 0 Å². The molecule has 1 N–H and O–H groups in total. The molecule has 1 atom stereocenters. The van der Waals surface area contributed by atoms with Crippen LogP contribution in [0.1, 0.15) is 5.56 Å². The van der Waals surface area contributed by atoms with E-state index in [9.17, 15) is 15.2 Å². The van der Waals surface area contributed by atoms with Crippen molar-refractivity contribution in [1.82, 2.24) is 0 Å². The molecule has 2 aromatic rings. The van der Waals surface area contributed by atoms with Crippen molar-refractivity contribution in [2.24, 2.45) is 0 Å². The Morgan fingerprint density at radius 1 is 1.30 bits per heavy atom. The number of nitro groups is 1. The third-order valence-electron chi connectivity index (χ3n) is 3.60. The third-order valence-corrected chi connectivity index (χ3v) is 3.60. The molecule has 0 aliphatic carbocycles. The van der Waals surface area contributed by atoms with Crippen molar-refractivity contribution in [3.8, 4) is 23.0 Å². The van der Waals surface area contributed by atoms with Crippen LogP contribution in [0, 0.1) is 10.1 Å². The summed E-state index contributed by atoms with van der Waals surface area (Å²) < 4.78 is 16.8. The van der Waals surface area contributed by atoms with Gasteiger partial charge in [0, 0.05) is 24.1 Å². The van der Waals surface area contributed by atoms with E-state index in [0.717, 1.165) is 5.56 Å². The van der Waals surface area contributed by atoms with E-state index in [1.54, 1.807) is 12.1 Å². The second kappa shape index (κ2) is 6.13. The summed E-state index contributed by atoms with van der Waals surface area (Å²) in [4.78, 5) is 10.2. The molecule has 0 bridgehead atoms. The lowest BCUT2D eigenvalue weighted by Gasteiger charge is -2.13. The molecule has 23 heavy (non-hydrogen) atoms. The van der Waals surface area contributed by atoms with Gasteiger partial charge in [0.2, 0.25) is 0 Å². The fourth-order valence-electron chi connectivity index (χ4n) is 2.47. The monoisotopic (exact) mass is 317 g/mol. The highest BCUT2D eigenvalue weighted by Gasteiger charge is 2.28. The van der Waals surface area contributed by atoms with E-state index in [1.165, 1.54) is 31.4 Å². The lowest BCUT2D eigenvalue weighted by Crippen LogP contribution is -2.17. The third kappa shape index (κ3) is 2.91. The van der Waals surface area contributed by atoms with Crippen molar-refractivity contribution in [2.45, 2.75) is 12.5 Å². The Labute approximate surface area is 132 Å². The zero-order valence-electron chi connectivity index (χ0n) is 12.4. The number of fused-ring (bicyclic) bond motifs is 1. The molecule has 1 aliphatic rings. The first kappa shape index (κ1) is 15.1. The average Bonchev–Trinajstić information content (AvgIpc) is 2.99. The SMILES string of the molecule is COc1ccc2c(c1Oc1ccc([N+](=O)[O-])cc1)CC(CO)O2. The topological polar surface area (TPSA) is 91.1 Å². The maximum atomic E-state index is 10.7. The van der Waals surface area contributed by atoms with Gasteiger partial charge in [0.05, 0.1) is 18.6 Å². The van der Waals surface area contributed by atoms with Crippen LogP contribution in [0.3, 0.4) is 0 Å². The van der Waals surface area contributed by atoms with Gasteiger partial charge < -0.3 is 19.3 Å². The van der Waals surface area contributed by atoms with E-state index in [2.05, 4.69) is 0 Å². The van der Waals surface area contributed by atoms with Crippen LogP contribution in [0.5, 0.6) is 23.0 Å². The minimum Gasteiger partial charge on any atom is -0.493 e. The van der Waals surface area contributed by atoms with Crippen molar-refractivity contribution in [3.63, 3.8) is 0 Å². The summed E-state index contributed by atoms with van der Waals surface area (Å²) in [7, 11) is 1.53. The second-order valence-corrected chi connectivity index (χ2v) is 5.05. The molecule has 0 aromatic heterocycles. The Kier molecular flexibility index (Phi) is 4.03. The Balaban J connectivity index is 1.93. The number of ether oxygens (including phenoxy) is 3. The summed E-state index contributed by atoms with van der Waals surface area (Å²) >= 11 is 0. The number of nitro benzene ring substituents is 1. The fraction of sp³-hybridized carbons (Fsp3) is 0.250. The maximum absolute atomic E-state index is 10.7. The van der Waals surface area contributed by atoms with E-state index in [0.29, 0.717) is 29.4 Å². The van der Waals surface area contributed by atoms with Crippen LogP contribution in [0.15, 0.2) is 36.4 Å². The van der Waals surface area contributed by atoms with Crippen molar-refractivity contribution in [2.75, 3.05) is 13.7 Å². The molecule has 7 heteroatoms. The summed E-state index contributed by atoms with van der Waals surface area (Å²) in [5.74, 6) is 2.12. The number of non-ortho nitro benzene ring substituents is 1. The van der Waals surface area contributed by atoms with Gasteiger partial charge in [-0.1, -0.05) is 0 Å². The molecule has 120 valence electrons. The van der Waals surface area contributed by atoms with Crippen molar-refractivity contribution < 1.29 is 24.2 Å². The van der Waals surface area contributed by atoms with Gasteiger partial charge in [-0.15, -0.1) is 0 Å². The van der Waals surface area contributed by atoms with Crippen LogP contribution >= 0.6 is 0 Å². The van der Waals surface area contributed by atoms with Gasteiger partial charge in [-0.2, -0.15) is 0 Å². The van der Waals surface area contributed by atoms with Gasteiger partial charge in [0.25, 0.3) is 5.69 Å². The molecule has 0 spiro atoms. The van der Waals surface area contributed by atoms with Crippen LogP contribution in [0.2, 0.25) is 0 Å². The molecule has 0 saturated carbocycles. The van der Waals surface area contributed by atoms with Crippen LogP contribution < -0.4 is 14.2 Å². The van der Waals surface area contributed by atoms with Crippen LogP contribution in [0.4, 0.5) is 5.69 Å². The number of hydrogen-bond acceptors (Lipinski definition) is 6. The highest BCUT2D eigenvalue weighted by molar-refractivity contribution is 5.57. The van der Waals surface area contributed by atoms with E-state index in [-0.39, 0.29) is 18.4 Å². The smallest absolute Gasteiger partial charge is 0.269 e. The molecule has 0 saturated heterocycles. The molecule has 2 aromatic carbocycles. The number of nitrogens with zero attached hydrogens (tertiary/aromatic N) is 1. The second-order valence-electron chi connectivity index (χ2n) is 5.05. The largest absolute Gasteiger partial charge is 0.493 e. The van der Waals surface area contributed by atoms with Gasteiger partial charge in [0.15, 0.2) is 11.5 Å². The summed E-state index contributed by atoms with van der Waals surface area (Å²) in [6, 6.07) is 9.29. The van der Waals surface area contributed by atoms with Crippen LogP contribution in [-0.4, -0.2) is 29.9 Å². The Bertz CT molecular complexity index is 728. The number of aliphatic hydroxyl groups excluding tert-OH is 1. The van der Waals surface area contributed by atoms with E-state index in [1.807, 2.05) is 0 Å². The Morgan fingerprint density at radius 2 is 2.04 bits per heavy atom. The van der Waals surface area contributed by atoms with Crippen molar-refractivity contribution in [3.05, 3.63) is 52.1 Å². The predicted molar refractivity (Wildman–Crippen MR) is 81.4 cm³/mol. The molecule has 0 amide bonds. The zero-order valence-corrected chi connectivity index (χ0v) is 12.4. The summed E-state index contributed by atoms with van der Waals surface area (Å²) in [6.07, 6.45) is 0.196. The molecule has 0 fully saturated rings. The van der Waals surface area contributed by atoms with Crippen molar-refractivity contribution >= 4 is 5.69 Å². The molecule has 1 heterocycles. The fourth-order valence-corrected chi connectivity index (χ4v) is 2.47. The number of hydrogen-bond donors (Lipinski definition) is 1. The highest BCUT2D eigenvalue weighted by Crippen LogP contribution is 2.44. The molecular formula is C16H15NO6. The molecule has 1 aliphatic heterocycles. The minimum absolute atomic E-state index is 0.00807. The van der Waals surface area contributed by atoms with Gasteiger partial charge in [-0.25, -0.2) is 0 Å². The standard InChI is InChI=1S/C16H15NO6/c1-21-15-7-6-14-13(8-12(9-18)22-14)16(15)23-11-4-2-10(3-5-11)17(19)20/h2-7,12,18H,8-9H2,1H3. The molecule has 3 rings (SSSR count). The lowest BCUT2D eigenvalue weighted by atomic mass is 10.1. The van der Waals surface area contributed by atoms with E-state index >= 15 is 0 Å². The van der Waals surface area contributed by atoms with Gasteiger partial charge in [0.1, 0.15) is 17.6 Å². The quantitative estimate of drug-likeness (QED) is 0.673. The molecule has 7 nitrogen and oxygen atoms in total. The first-order valence-electron chi connectivity index (χ1n) is 7.02. The number of methoxy groups -OCH3 is 1. The maximum Gasteiger partial charge on any atom is 0.269 e. The first-order chi connectivity index (χ1) is 11.1. The van der Waals surface area contributed by atoms with Crippen LogP contribution in [0.25, 0.3) is 0 Å². The molecular weight excluding hydrogens is 302 g/mol. The minimum atomic E-state index is -0.468. The summed E-state index contributed by atoms with van der Waals surface area (Å²) in [5, 5.41) is 20.0. The van der Waals surface area contributed by atoms with Crippen LogP contribution in [-0.2, 0) is 6.42 Å². The van der Waals surface area contributed by atoms with Crippen molar-refractivity contribution in [1.29, 1.82) is 0 Å². The molecule has 0 radical (unpaired) electrons. The van der Waals surface area contributed by atoms with Gasteiger partial charge in [-0.3, -0.25) is 10.1 Å².